The molecule has 0 spiro atoms. The Morgan fingerprint density at radius 3 is 2.36 bits per heavy atom. The Morgan fingerprint density at radius 2 is 2.07 bits per heavy atom. The van der Waals surface area contributed by atoms with Crippen molar-refractivity contribution in [2.45, 2.75) is 25.4 Å². The van der Waals surface area contributed by atoms with Crippen LogP contribution in [0.2, 0.25) is 0 Å². The lowest BCUT2D eigenvalue weighted by atomic mass is 10.0. The first-order chi connectivity index (χ1) is 6.55. The molecule has 1 atom stereocenters. The lowest BCUT2D eigenvalue weighted by molar-refractivity contribution is -0.229. The molecule has 84 valence electrons. The number of hydrogen-bond acceptors (Lipinski definition) is 3. The van der Waals surface area contributed by atoms with E-state index < -0.39 is 37.7 Å². The van der Waals surface area contributed by atoms with Crippen molar-refractivity contribution in [1.29, 1.82) is 0 Å². The zero-order valence-corrected chi connectivity index (χ0v) is 7.44. The van der Waals surface area contributed by atoms with E-state index in [0.717, 1.165) is 0 Å². The van der Waals surface area contributed by atoms with E-state index in [2.05, 4.69) is 9.68 Å². The van der Waals surface area contributed by atoms with Gasteiger partial charge in [-0.3, -0.25) is 4.94 Å². The smallest absolute Gasteiger partial charge is 0.355 e. The highest BCUT2D eigenvalue weighted by Gasteiger charge is 2.49. The summed E-state index contributed by atoms with van der Waals surface area (Å²) in [6.45, 7) is -0.581. The molecule has 0 radical (unpaired) electrons. The predicted octanol–water partition coefficient (Wildman–Crippen LogP) is 1.81. The van der Waals surface area contributed by atoms with Crippen LogP contribution in [-0.2, 0) is 14.5 Å². The quantitative estimate of drug-likeness (QED) is 0.638. The van der Waals surface area contributed by atoms with Gasteiger partial charge < -0.3 is 4.74 Å². The van der Waals surface area contributed by atoms with E-state index in [0.29, 0.717) is 0 Å². The Labute approximate surface area is 77.9 Å². The molecule has 0 saturated carbocycles. The molecule has 0 amide bonds. The standard InChI is InChI=1S/C7H10F4O3/c1-2-7(5(9)10,6(12)14-11)13-4-3-8/h5H,2-4H2,1H3. The molecule has 7 heteroatoms. The topological polar surface area (TPSA) is 35.5 Å². The van der Waals surface area contributed by atoms with E-state index in [1.165, 1.54) is 6.92 Å². The van der Waals surface area contributed by atoms with E-state index in [1.54, 1.807) is 0 Å². The second-order valence-electron chi connectivity index (χ2n) is 2.45. The summed E-state index contributed by atoms with van der Waals surface area (Å²) >= 11 is 0. The Bertz CT molecular complexity index is 188. The fraction of sp³-hybridized carbons (Fsp3) is 0.857. The van der Waals surface area contributed by atoms with E-state index in [9.17, 15) is 22.5 Å². The second-order valence-corrected chi connectivity index (χ2v) is 2.45. The Balaban J connectivity index is 4.69. The maximum absolute atomic E-state index is 12.4. The van der Waals surface area contributed by atoms with Gasteiger partial charge in [0.05, 0.1) is 6.61 Å². The maximum Gasteiger partial charge on any atom is 0.386 e. The van der Waals surface area contributed by atoms with Crippen LogP contribution >= 0.6 is 0 Å². The molecule has 0 aromatic rings. The van der Waals surface area contributed by atoms with Crippen LogP contribution in [0.3, 0.4) is 0 Å². The lowest BCUT2D eigenvalue weighted by Crippen LogP contribution is -2.48. The predicted molar refractivity (Wildman–Crippen MR) is 38.2 cm³/mol. The molecule has 0 saturated heterocycles. The molecule has 0 aliphatic heterocycles. The van der Waals surface area contributed by atoms with Crippen molar-refractivity contribution in [3.8, 4) is 0 Å². The third-order valence-corrected chi connectivity index (χ3v) is 1.73. The first-order valence-electron chi connectivity index (χ1n) is 3.86. The first-order valence-corrected chi connectivity index (χ1v) is 3.86. The number of carbonyl (C=O) groups excluding carboxylic acids is 1. The number of alkyl halides is 3. The molecule has 14 heavy (non-hydrogen) atoms. The van der Waals surface area contributed by atoms with Gasteiger partial charge in [-0.15, -0.1) is 0 Å². The summed E-state index contributed by atoms with van der Waals surface area (Å²) in [4.78, 5) is 13.4. The third-order valence-electron chi connectivity index (χ3n) is 1.73. The van der Waals surface area contributed by atoms with Crippen molar-refractivity contribution >= 4 is 5.97 Å². The van der Waals surface area contributed by atoms with Crippen LogP contribution in [0.1, 0.15) is 13.3 Å². The van der Waals surface area contributed by atoms with Crippen LogP contribution in [0.15, 0.2) is 0 Å². The molecule has 0 aromatic heterocycles. The van der Waals surface area contributed by atoms with Gasteiger partial charge in [0.1, 0.15) is 6.67 Å². The van der Waals surface area contributed by atoms with Crippen LogP contribution < -0.4 is 0 Å². The van der Waals surface area contributed by atoms with Gasteiger partial charge in [-0.2, -0.15) is 0 Å². The molecule has 0 N–H and O–H groups in total. The minimum atomic E-state index is -3.28. The Morgan fingerprint density at radius 1 is 1.50 bits per heavy atom. The molecule has 0 aliphatic carbocycles. The van der Waals surface area contributed by atoms with Crippen molar-refractivity contribution in [3.05, 3.63) is 0 Å². The summed E-state index contributed by atoms with van der Waals surface area (Å²) in [5.41, 5.74) is -2.71. The van der Waals surface area contributed by atoms with Gasteiger partial charge >= 0.3 is 5.97 Å². The fourth-order valence-corrected chi connectivity index (χ4v) is 0.898. The van der Waals surface area contributed by atoms with Gasteiger partial charge in [0.25, 0.3) is 6.43 Å². The molecule has 0 aromatic carbocycles. The zero-order valence-electron chi connectivity index (χ0n) is 7.44. The van der Waals surface area contributed by atoms with Crippen molar-refractivity contribution < 1.29 is 32.2 Å². The van der Waals surface area contributed by atoms with Gasteiger partial charge in [-0.1, -0.05) is 6.92 Å². The van der Waals surface area contributed by atoms with Crippen LogP contribution in [0.25, 0.3) is 0 Å². The van der Waals surface area contributed by atoms with Gasteiger partial charge in [-0.25, -0.2) is 18.0 Å². The average Bonchev–Trinajstić information content (AvgIpc) is 2.18. The highest BCUT2D eigenvalue weighted by atomic mass is 19.3. The maximum atomic E-state index is 12.4. The Hall–Kier alpha value is -0.850. The van der Waals surface area contributed by atoms with Gasteiger partial charge in [0.15, 0.2) is 0 Å². The molecule has 0 aliphatic rings. The average molecular weight is 218 g/mol. The van der Waals surface area contributed by atoms with Crippen molar-refractivity contribution in [2.75, 3.05) is 13.3 Å². The Kier molecular flexibility index (Phi) is 5.44. The molecular weight excluding hydrogens is 208 g/mol. The highest BCUT2D eigenvalue weighted by molar-refractivity contribution is 5.79. The fourth-order valence-electron chi connectivity index (χ4n) is 0.898. The lowest BCUT2D eigenvalue weighted by Gasteiger charge is -2.26. The number of ether oxygens (including phenoxy) is 1. The number of halogens is 4. The first kappa shape index (κ1) is 13.2. The minimum absolute atomic E-state index is 0.507. The van der Waals surface area contributed by atoms with Gasteiger partial charge in [-0.05, 0) is 6.42 Å². The number of hydrogen-bond donors (Lipinski definition) is 0. The molecule has 0 heterocycles. The van der Waals surface area contributed by atoms with E-state index >= 15 is 0 Å². The van der Waals surface area contributed by atoms with Gasteiger partial charge in [0, 0.05) is 4.53 Å². The van der Waals surface area contributed by atoms with Crippen LogP contribution in [0, 0.1) is 0 Å². The normalized spacial score (nSPS) is 15.3. The second kappa shape index (κ2) is 5.79. The van der Waals surface area contributed by atoms with Crippen LogP contribution in [0.4, 0.5) is 17.7 Å². The van der Waals surface area contributed by atoms with E-state index in [4.69, 9.17) is 0 Å². The molecule has 0 bridgehead atoms. The zero-order chi connectivity index (χ0) is 11.2. The van der Waals surface area contributed by atoms with Crippen molar-refractivity contribution in [2.24, 2.45) is 0 Å². The molecule has 0 rings (SSSR count). The molecule has 0 fully saturated rings. The number of rotatable bonds is 6. The van der Waals surface area contributed by atoms with Crippen LogP contribution in [0.5, 0.6) is 0 Å². The van der Waals surface area contributed by atoms with Crippen LogP contribution in [-0.4, -0.2) is 31.3 Å². The monoisotopic (exact) mass is 218 g/mol. The highest BCUT2D eigenvalue weighted by Crippen LogP contribution is 2.26. The van der Waals surface area contributed by atoms with E-state index in [1.807, 2.05) is 0 Å². The van der Waals surface area contributed by atoms with Crippen molar-refractivity contribution in [1.82, 2.24) is 0 Å². The summed E-state index contributed by atoms with van der Waals surface area (Å²) in [5.74, 6) is -1.84. The molecular formula is C7H10F4O3. The minimum Gasteiger partial charge on any atom is -0.355 e. The van der Waals surface area contributed by atoms with E-state index in [-0.39, 0.29) is 0 Å². The third kappa shape index (κ3) is 2.57. The summed E-state index contributed by atoms with van der Waals surface area (Å²) in [5, 5.41) is 0. The number of carbonyl (C=O) groups is 1. The molecule has 3 nitrogen and oxygen atoms in total. The summed E-state index contributed by atoms with van der Waals surface area (Å²) < 4.78 is 52.3. The summed E-state index contributed by atoms with van der Waals surface area (Å²) in [6.07, 6.45) is -3.78. The summed E-state index contributed by atoms with van der Waals surface area (Å²) in [6, 6.07) is 0. The SMILES string of the molecule is CCC(OCCF)(C(=O)OF)C(F)F. The molecule has 1 unspecified atom stereocenters. The largest absolute Gasteiger partial charge is 0.386 e. The summed E-state index contributed by atoms with van der Waals surface area (Å²) in [7, 11) is 0. The van der Waals surface area contributed by atoms with Gasteiger partial charge in [0.2, 0.25) is 5.60 Å². The van der Waals surface area contributed by atoms with Crippen molar-refractivity contribution in [3.63, 3.8) is 0 Å².